The van der Waals surface area contributed by atoms with Gasteiger partial charge < -0.3 is 14.5 Å². The Hall–Kier alpha value is -5.55. The summed E-state index contributed by atoms with van der Waals surface area (Å²) in [4.78, 5) is 9.93. The van der Waals surface area contributed by atoms with Gasteiger partial charge in [0.15, 0.2) is 0 Å². The van der Waals surface area contributed by atoms with Gasteiger partial charge in [-0.15, -0.1) is 0 Å². The molecule has 0 saturated carbocycles. The molecule has 0 spiro atoms. The minimum atomic E-state index is -0.0575. The molecular formula is C56H66N4O. The van der Waals surface area contributed by atoms with Crippen molar-refractivity contribution in [3.05, 3.63) is 143 Å². The van der Waals surface area contributed by atoms with E-state index in [1.165, 1.54) is 55.7 Å². The summed E-state index contributed by atoms with van der Waals surface area (Å²) < 4.78 is 9.14. The second-order valence-corrected chi connectivity index (χ2v) is 22.4. The normalized spacial score (nSPS) is 14.0. The molecule has 1 aliphatic heterocycles. The topological polar surface area (TPSA) is 33.5 Å². The van der Waals surface area contributed by atoms with Gasteiger partial charge in [0, 0.05) is 40.5 Å². The average molecular weight is 811 g/mol. The van der Waals surface area contributed by atoms with Gasteiger partial charge in [-0.3, -0.25) is 4.57 Å². The minimum absolute atomic E-state index is 0.00713. The quantitative estimate of drug-likeness (QED) is 0.173. The highest BCUT2D eigenvalue weighted by Crippen LogP contribution is 2.51. The van der Waals surface area contributed by atoms with Crippen LogP contribution in [0, 0.1) is 0 Å². The number of hydrogen-bond acceptors (Lipinski definition) is 4. The van der Waals surface area contributed by atoms with Gasteiger partial charge in [0.1, 0.15) is 24.0 Å². The highest BCUT2D eigenvalue weighted by molar-refractivity contribution is 6.10. The Balaban J connectivity index is 1.22. The third kappa shape index (κ3) is 8.05. The lowest BCUT2D eigenvalue weighted by Gasteiger charge is -2.31. The SMILES string of the molecule is CC(C)(C)c1cc(N2CN(c3cccc(Oc4ccc5c6cc(C(C)(C)C)ccc6n(-c6cc(C(C)(C)C)ccn6)c5c4)c3)c3cccc(C(C)(C)C)c32)cc(C(C)(C)C)c1. The van der Waals surface area contributed by atoms with E-state index >= 15 is 0 Å². The first-order valence-corrected chi connectivity index (χ1v) is 22.1. The highest BCUT2D eigenvalue weighted by atomic mass is 16.5. The molecule has 3 heterocycles. The first-order valence-electron chi connectivity index (χ1n) is 22.1. The third-order valence-corrected chi connectivity index (χ3v) is 12.4. The Morgan fingerprint density at radius 3 is 1.72 bits per heavy atom. The van der Waals surface area contributed by atoms with Crippen LogP contribution in [0.4, 0.5) is 22.7 Å². The third-order valence-electron chi connectivity index (χ3n) is 12.4. The van der Waals surface area contributed by atoms with Crippen LogP contribution >= 0.6 is 0 Å². The van der Waals surface area contributed by atoms with Crippen molar-refractivity contribution in [1.82, 2.24) is 9.55 Å². The molecule has 0 saturated heterocycles. The van der Waals surface area contributed by atoms with Crippen molar-refractivity contribution in [2.75, 3.05) is 16.5 Å². The van der Waals surface area contributed by atoms with Gasteiger partial charge in [-0.05, 0) is 122 Å². The molecule has 0 bridgehead atoms. The summed E-state index contributed by atoms with van der Waals surface area (Å²) in [6, 6.07) is 40.4. The fourth-order valence-electron chi connectivity index (χ4n) is 8.63. The van der Waals surface area contributed by atoms with E-state index in [1.807, 2.05) is 6.20 Å². The summed E-state index contributed by atoms with van der Waals surface area (Å²) in [7, 11) is 0. The number of fused-ring (bicyclic) bond motifs is 4. The summed E-state index contributed by atoms with van der Waals surface area (Å²) in [6.07, 6.45) is 1.94. The van der Waals surface area contributed by atoms with Crippen LogP contribution in [0.3, 0.4) is 0 Å². The summed E-state index contributed by atoms with van der Waals surface area (Å²) >= 11 is 0. The molecule has 0 fully saturated rings. The summed E-state index contributed by atoms with van der Waals surface area (Å²) in [5.74, 6) is 2.48. The Morgan fingerprint density at radius 1 is 0.459 bits per heavy atom. The number of aromatic nitrogens is 2. The first kappa shape index (κ1) is 42.2. The van der Waals surface area contributed by atoms with Crippen molar-refractivity contribution in [3.63, 3.8) is 0 Å². The lowest BCUT2D eigenvalue weighted by molar-refractivity contribution is 0.483. The van der Waals surface area contributed by atoms with E-state index in [4.69, 9.17) is 9.72 Å². The lowest BCUT2D eigenvalue weighted by atomic mass is 9.80. The van der Waals surface area contributed by atoms with Crippen LogP contribution in [0.1, 0.15) is 132 Å². The molecule has 8 rings (SSSR count). The number of para-hydroxylation sites is 1. The molecule has 5 nitrogen and oxygen atoms in total. The summed E-state index contributed by atoms with van der Waals surface area (Å²) in [5, 5.41) is 2.40. The number of benzene rings is 5. The van der Waals surface area contributed by atoms with Crippen molar-refractivity contribution < 1.29 is 4.74 Å². The van der Waals surface area contributed by atoms with Crippen molar-refractivity contribution in [3.8, 4) is 17.3 Å². The predicted octanol–water partition coefficient (Wildman–Crippen LogP) is 15.7. The second-order valence-electron chi connectivity index (χ2n) is 22.4. The maximum absolute atomic E-state index is 6.84. The second kappa shape index (κ2) is 14.5. The predicted molar refractivity (Wildman–Crippen MR) is 261 cm³/mol. The molecule has 0 N–H and O–H groups in total. The van der Waals surface area contributed by atoms with Gasteiger partial charge in [-0.2, -0.15) is 0 Å². The molecule has 7 aromatic rings. The molecule has 0 unspecified atom stereocenters. The van der Waals surface area contributed by atoms with Gasteiger partial charge in [0.05, 0.1) is 22.4 Å². The van der Waals surface area contributed by atoms with Crippen LogP contribution in [-0.2, 0) is 27.1 Å². The van der Waals surface area contributed by atoms with E-state index in [1.54, 1.807) is 0 Å². The van der Waals surface area contributed by atoms with E-state index in [-0.39, 0.29) is 27.1 Å². The average Bonchev–Trinajstić information content (AvgIpc) is 3.72. The molecule has 316 valence electrons. The van der Waals surface area contributed by atoms with Crippen LogP contribution in [0.5, 0.6) is 11.5 Å². The van der Waals surface area contributed by atoms with Crippen molar-refractivity contribution in [2.24, 2.45) is 0 Å². The maximum Gasteiger partial charge on any atom is 0.137 e. The zero-order chi connectivity index (χ0) is 44.0. The number of pyridine rings is 1. The van der Waals surface area contributed by atoms with Gasteiger partial charge >= 0.3 is 0 Å². The number of nitrogens with zero attached hydrogens (tertiary/aromatic N) is 4. The van der Waals surface area contributed by atoms with Crippen LogP contribution in [0.15, 0.2) is 115 Å². The van der Waals surface area contributed by atoms with Gasteiger partial charge in [-0.25, -0.2) is 4.98 Å². The highest BCUT2D eigenvalue weighted by Gasteiger charge is 2.35. The molecule has 0 amide bonds. The number of ether oxygens (including phenoxy) is 1. The van der Waals surface area contributed by atoms with E-state index in [9.17, 15) is 0 Å². The van der Waals surface area contributed by atoms with Gasteiger partial charge in [-0.1, -0.05) is 134 Å². The summed E-state index contributed by atoms with van der Waals surface area (Å²) in [5.41, 5.74) is 13.5. The van der Waals surface area contributed by atoms with Crippen LogP contribution in [-0.4, -0.2) is 16.2 Å². The Bertz CT molecular complexity index is 2760. The van der Waals surface area contributed by atoms with Crippen molar-refractivity contribution >= 4 is 44.6 Å². The minimum Gasteiger partial charge on any atom is -0.457 e. The van der Waals surface area contributed by atoms with E-state index in [2.05, 4.69) is 227 Å². The largest absolute Gasteiger partial charge is 0.457 e. The Kier molecular flexibility index (Phi) is 10.0. The van der Waals surface area contributed by atoms with Gasteiger partial charge in [0.25, 0.3) is 0 Å². The summed E-state index contributed by atoms with van der Waals surface area (Å²) in [6.45, 7) is 35.1. The zero-order valence-corrected chi connectivity index (χ0v) is 39.4. The monoisotopic (exact) mass is 811 g/mol. The first-order chi connectivity index (χ1) is 28.4. The maximum atomic E-state index is 6.84. The van der Waals surface area contributed by atoms with E-state index < -0.39 is 0 Å². The van der Waals surface area contributed by atoms with E-state index in [0.717, 1.165) is 34.0 Å². The fraction of sp³-hybridized carbons (Fsp3) is 0.375. The standard InChI is InChI=1S/C56H66N4O/c1-52(2,3)36-22-25-47-45(31-36)44-24-23-43(34-49(44)60(47)50-32-37(26-27-57-50)53(4,5)6)61-42-19-16-18-40(33-42)58-35-59(51-46(56(13,14)15)20-17-21-48(51)58)41-29-38(54(7,8)9)28-39(30-41)55(10,11)12/h16-34H,35H2,1-15H3. The Labute approximate surface area is 365 Å². The van der Waals surface area contributed by atoms with E-state index in [0.29, 0.717) is 6.67 Å². The number of rotatable bonds is 5. The molecule has 61 heavy (non-hydrogen) atoms. The van der Waals surface area contributed by atoms with Crippen LogP contribution < -0.4 is 14.5 Å². The van der Waals surface area contributed by atoms with Crippen molar-refractivity contribution in [1.29, 1.82) is 0 Å². The van der Waals surface area contributed by atoms with Gasteiger partial charge in [0.2, 0.25) is 0 Å². The van der Waals surface area contributed by atoms with Crippen LogP contribution in [0.2, 0.25) is 0 Å². The molecular weight excluding hydrogens is 745 g/mol. The van der Waals surface area contributed by atoms with Crippen molar-refractivity contribution in [2.45, 2.75) is 131 Å². The molecule has 5 aromatic carbocycles. The smallest absolute Gasteiger partial charge is 0.137 e. The Morgan fingerprint density at radius 2 is 1.08 bits per heavy atom. The number of hydrogen-bond donors (Lipinski definition) is 0. The zero-order valence-electron chi connectivity index (χ0n) is 39.4. The molecule has 0 atom stereocenters. The molecule has 2 aromatic heterocycles. The lowest BCUT2D eigenvalue weighted by Crippen LogP contribution is -2.26. The molecule has 0 radical (unpaired) electrons. The molecule has 1 aliphatic rings. The van der Waals surface area contributed by atoms with Crippen LogP contribution in [0.25, 0.3) is 27.6 Å². The fourth-order valence-corrected chi connectivity index (χ4v) is 8.63. The number of anilines is 4. The molecule has 5 heteroatoms. The molecule has 0 aliphatic carbocycles.